The number of carbonyl (C=O) groups excluding carboxylic acids is 4. The molecule has 3 amide bonds. The first kappa shape index (κ1) is 23.6. The molecule has 0 saturated heterocycles. The first-order valence-corrected chi connectivity index (χ1v) is 10.3. The largest absolute Gasteiger partial charge is 0.454 e. The molecule has 0 aromatic heterocycles. The molecule has 2 aromatic carbocycles. The van der Waals surface area contributed by atoms with Crippen LogP contribution < -0.4 is 5.32 Å². The van der Waals surface area contributed by atoms with Crippen molar-refractivity contribution >= 4 is 35.1 Å². The maximum absolute atomic E-state index is 12.8. The van der Waals surface area contributed by atoms with Gasteiger partial charge in [-0.25, -0.2) is 4.79 Å². The number of imide groups is 1. The summed E-state index contributed by atoms with van der Waals surface area (Å²) in [6, 6.07) is 9.32. The van der Waals surface area contributed by atoms with E-state index in [1.807, 2.05) is 13.8 Å². The van der Waals surface area contributed by atoms with E-state index in [2.05, 4.69) is 5.32 Å². The number of fused-ring (bicyclic) bond motifs is 1. The van der Waals surface area contributed by atoms with E-state index >= 15 is 0 Å². The second-order valence-electron chi connectivity index (χ2n) is 8.03. The molecule has 0 fully saturated rings. The van der Waals surface area contributed by atoms with Crippen molar-refractivity contribution in [3.8, 4) is 0 Å². The fourth-order valence-corrected chi connectivity index (χ4v) is 3.62. The van der Waals surface area contributed by atoms with Gasteiger partial charge in [-0.3, -0.25) is 29.4 Å². The summed E-state index contributed by atoms with van der Waals surface area (Å²) < 4.78 is 5.13. The van der Waals surface area contributed by atoms with E-state index in [0.717, 1.165) is 4.90 Å². The Morgan fingerprint density at radius 3 is 2.21 bits per heavy atom. The molecule has 1 heterocycles. The van der Waals surface area contributed by atoms with Crippen LogP contribution in [0.1, 0.15) is 46.5 Å². The molecule has 3 rings (SSSR count). The van der Waals surface area contributed by atoms with Gasteiger partial charge < -0.3 is 10.1 Å². The third-order valence-electron chi connectivity index (χ3n) is 5.23. The van der Waals surface area contributed by atoms with Crippen molar-refractivity contribution in [3.63, 3.8) is 0 Å². The van der Waals surface area contributed by atoms with E-state index < -0.39 is 41.3 Å². The number of nitrogens with zero attached hydrogens (tertiary/aromatic N) is 2. The fourth-order valence-electron chi connectivity index (χ4n) is 3.62. The van der Waals surface area contributed by atoms with Crippen LogP contribution in [0.15, 0.2) is 42.5 Å². The van der Waals surface area contributed by atoms with Gasteiger partial charge in [0.2, 0.25) is 0 Å². The molecule has 33 heavy (non-hydrogen) atoms. The molecule has 1 unspecified atom stereocenters. The third-order valence-corrected chi connectivity index (χ3v) is 5.23. The van der Waals surface area contributed by atoms with Gasteiger partial charge in [0, 0.05) is 6.07 Å². The van der Waals surface area contributed by atoms with E-state index in [4.69, 9.17) is 4.74 Å². The summed E-state index contributed by atoms with van der Waals surface area (Å²) in [5.41, 5.74) is 0.730. The SMILES string of the molecule is Cc1c(NC(=O)COC(=O)C(CC(C)C)N2C(=O)c3ccccc3C2=O)cccc1[N+](=O)[O-]. The zero-order valence-corrected chi connectivity index (χ0v) is 18.4. The zero-order chi connectivity index (χ0) is 24.3. The molecule has 10 nitrogen and oxygen atoms in total. The lowest BCUT2D eigenvalue weighted by Gasteiger charge is -2.25. The van der Waals surface area contributed by atoms with Crippen LogP contribution in [0.3, 0.4) is 0 Å². The van der Waals surface area contributed by atoms with Crippen molar-refractivity contribution in [3.05, 3.63) is 69.3 Å². The summed E-state index contributed by atoms with van der Waals surface area (Å²) in [4.78, 5) is 62.1. The summed E-state index contributed by atoms with van der Waals surface area (Å²) in [6.45, 7) is 4.46. The van der Waals surface area contributed by atoms with Crippen LogP contribution in [0, 0.1) is 23.0 Å². The molecular formula is C23H23N3O7. The second kappa shape index (κ2) is 9.60. The molecule has 172 valence electrons. The fraction of sp³-hybridized carbons (Fsp3) is 0.304. The van der Waals surface area contributed by atoms with Gasteiger partial charge in [0.25, 0.3) is 23.4 Å². The van der Waals surface area contributed by atoms with Crippen molar-refractivity contribution in [2.75, 3.05) is 11.9 Å². The van der Waals surface area contributed by atoms with E-state index in [1.165, 1.54) is 37.3 Å². The van der Waals surface area contributed by atoms with Gasteiger partial charge in [-0.15, -0.1) is 0 Å². The Hall–Kier alpha value is -4.08. The van der Waals surface area contributed by atoms with E-state index in [1.54, 1.807) is 12.1 Å². The monoisotopic (exact) mass is 453 g/mol. The number of benzene rings is 2. The Morgan fingerprint density at radius 2 is 1.67 bits per heavy atom. The minimum atomic E-state index is -1.19. The average Bonchev–Trinajstić information content (AvgIpc) is 3.02. The Balaban J connectivity index is 1.71. The van der Waals surface area contributed by atoms with Crippen LogP contribution in [0.4, 0.5) is 11.4 Å². The molecule has 0 radical (unpaired) electrons. The normalized spacial score (nSPS) is 13.6. The Morgan fingerprint density at radius 1 is 1.06 bits per heavy atom. The van der Waals surface area contributed by atoms with Crippen LogP contribution in [-0.2, 0) is 14.3 Å². The molecule has 0 aliphatic carbocycles. The molecule has 0 spiro atoms. The molecule has 0 bridgehead atoms. The molecule has 1 N–H and O–H groups in total. The maximum atomic E-state index is 12.8. The molecular weight excluding hydrogens is 430 g/mol. The lowest BCUT2D eigenvalue weighted by molar-refractivity contribution is -0.385. The number of rotatable bonds is 8. The summed E-state index contributed by atoms with van der Waals surface area (Å²) in [6.07, 6.45) is 0.163. The van der Waals surface area contributed by atoms with Crippen LogP contribution in [0.5, 0.6) is 0 Å². The number of anilines is 1. The van der Waals surface area contributed by atoms with E-state index in [0.29, 0.717) is 0 Å². The number of hydrogen-bond donors (Lipinski definition) is 1. The lowest BCUT2D eigenvalue weighted by atomic mass is 10.0. The summed E-state index contributed by atoms with van der Waals surface area (Å²) >= 11 is 0. The first-order valence-electron chi connectivity index (χ1n) is 10.3. The van der Waals surface area contributed by atoms with Gasteiger partial charge in [-0.2, -0.15) is 0 Å². The van der Waals surface area contributed by atoms with Crippen molar-refractivity contribution in [2.24, 2.45) is 5.92 Å². The standard InChI is InChI=1S/C23H23N3O7/c1-13(2)11-19(25-21(28)15-7-4-5-8-16(15)22(25)29)23(30)33-12-20(27)24-17-9-6-10-18(14(17)3)26(31)32/h4-10,13,19H,11-12H2,1-3H3,(H,24,27). The van der Waals surface area contributed by atoms with Crippen molar-refractivity contribution in [1.29, 1.82) is 0 Å². The molecule has 1 aliphatic rings. The highest BCUT2D eigenvalue weighted by atomic mass is 16.6. The van der Waals surface area contributed by atoms with Crippen LogP contribution in [0.25, 0.3) is 0 Å². The average molecular weight is 453 g/mol. The van der Waals surface area contributed by atoms with Gasteiger partial charge in [-0.1, -0.05) is 32.0 Å². The maximum Gasteiger partial charge on any atom is 0.329 e. The number of amides is 3. The van der Waals surface area contributed by atoms with Crippen molar-refractivity contribution in [1.82, 2.24) is 4.90 Å². The van der Waals surface area contributed by atoms with E-state index in [-0.39, 0.29) is 40.4 Å². The summed E-state index contributed by atoms with van der Waals surface area (Å²) in [5, 5.41) is 13.5. The number of hydrogen-bond acceptors (Lipinski definition) is 7. The predicted octanol–water partition coefficient (Wildman–Crippen LogP) is 3.10. The second-order valence-corrected chi connectivity index (χ2v) is 8.03. The Labute approximate surface area is 189 Å². The quantitative estimate of drug-likeness (QED) is 0.281. The van der Waals surface area contributed by atoms with Crippen LogP contribution in [-0.4, -0.2) is 46.2 Å². The molecule has 0 saturated carbocycles. The number of nitrogens with one attached hydrogen (secondary N) is 1. The smallest absolute Gasteiger partial charge is 0.329 e. The third kappa shape index (κ3) is 4.89. The van der Waals surface area contributed by atoms with E-state index in [9.17, 15) is 29.3 Å². The van der Waals surface area contributed by atoms with Crippen LogP contribution >= 0.6 is 0 Å². The molecule has 2 aromatic rings. The molecule has 1 atom stereocenters. The molecule has 1 aliphatic heterocycles. The number of esters is 1. The first-order chi connectivity index (χ1) is 15.6. The number of carbonyl (C=O) groups is 4. The van der Waals surface area contributed by atoms with Crippen molar-refractivity contribution in [2.45, 2.75) is 33.2 Å². The Kier molecular flexibility index (Phi) is 6.86. The van der Waals surface area contributed by atoms with Gasteiger partial charge in [-0.05, 0) is 37.5 Å². The highest BCUT2D eigenvalue weighted by Crippen LogP contribution is 2.28. The van der Waals surface area contributed by atoms with Gasteiger partial charge in [0.1, 0.15) is 6.04 Å². The van der Waals surface area contributed by atoms with Crippen LogP contribution in [0.2, 0.25) is 0 Å². The zero-order valence-electron chi connectivity index (χ0n) is 18.4. The topological polar surface area (TPSA) is 136 Å². The summed E-state index contributed by atoms with van der Waals surface area (Å²) in [5.74, 6) is -2.82. The summed E-state index contributed by atoms with van der Waals surface area (Å²) in [7, 11) is 0. The minimum absolute atomic E-state index is 0.0480. The number of ether oxygens (including phenoxy) is 1. The van der Waals surface area contributed by atoms with Gasteiger partial charge in [0.15, 0.2) is 6.61 Å². The number of nitro benzene ring substituents is 1. The minimum Gasteiger partial charge on any atom is -0.454 e. The lowest BCUT2D eigenvalue weighted by Crippen LogP contribution is -2.46. The highest BCUT2D eigenvalue weighted by Gasteiger charge is 2.43. The predicted molar refractivity (Wildman–Crippen MR) is 118 cm³/mol. The molecule has 10 heteroatoms. The van der Waals surface area contributed by atoms with Gasteiger partial charge in [0.05, 0.1) is 27.3 Å². The van der Waals surface area contributed by atoms with Crippen molar-refractivity contribution < 1.29 is 28.8 Å². The van der Waals surface area contributed by atoms with Gasteiger partial charge >= 0.3 is 5.97 Å². The highest BCUT2D eigenvalue weighted by molar-refractivity contribution is 6.22. The number of nitro groups is 1. The Bertz CT molecular complexity index is 1110.